The molecule has 1 rings (SSSR count). The molecule has 2 amide bonds. The normalized spacial score (nSPS) is 12.1. The molecular weight excluding hydrogens is 366 g/mol. The number of carbonyl (C=O) groups is 1. The van der Waals surface area contributed by atoms with E-state index in [1.165, 1.54) is 9.21 Å². The van der Waals surface area contributed by atoms with Gasteiger partial charge in [-0.25, -0.2) is 13.2 Å². The number of rotatable bonds is 10. The summed E-state index contributed by atoms with van der Waals surface area (Å²) < 4.78 is 32.5. The van der Waals surface area contributed by atoms with Gasteiger partial charge in [0, 0.05) is 33.7 Å². The highest BCUT2D eigenvalue weighted by Gasteiger charge is 2.29. The van der Waals surface area contributed by atoms with Crippen LogP contribution in [-0.2, 0) is 10.0 Å². The van der Waals surface area contributed by atoms with Crippen molar-refractivity contribution >= 4 is 16.1 Å². The highest BCUT2D eigenvalue weighted by atomic mass is 32.2. The minimum Gasteiger partial charge on any atom is -0.497 e. The average molecular weight is 400 g/mol. The minimum atomic E-state index is -3.56. The molecule has 0 bridgehead atoms. The average Bonchev–Trinajstić information content (AvgIpc) is 2.62. The summed E-state index contributed by atoms with van der Waals surface area (Å²) in [6.07, 6.45) is 1.59. The summed E-state index contributed by atoms with van der Waals surface area (Å²) in [4.78, 5) is 13.3. The lowest BCUT2D eigenvalue weighted by Gasteiger charge is -2.31. The quantitative estimate of drug-likeness (QED) is 0.614. The van der Waals surface area contributed by atoms with Gasteiger partial charge in [-0.1, -0.05) is 20.8 Å². The summed E-state index contributed by atoms with van der Waals surface area (Å²) in [6.45, 7) is 7.32. The third-order valence-electron chi connectivity index (χ3n) is 4.37. The summed E-state index contributed by atoms with van der Waals surface area (Å²) in [7, 11) is 1.38. The largest absolute Gasteiger partial charge is 0.497 e. The van der Waals surface area contributed by atoms with E-state index in [0.29, 0.717) is 25.4 Å². The van der Waals surface area contributed by atoms with E-state index in [1.807, 2.05) is 20.8 Å². The van der Waals surface area contributed by atoms with E-state index in [2.05, 4.69) is 5.32 Å². The molecule has 0 aliphatic rings. The molecule has 0 fully saturated rings. The van der Waals surface area contributed by atoms with Crippen molar-refractivity contribution in [3.8, 4) is 5.75 Å². The molecule has 1 aromatic carbocycles. The maximum absolute atomic E-state index is 13.0. The molecule has 0 spiro atoms. The Morgan fingerprint density at radius 3 is 2.26 bits per heavy atom. The second kappa shape index (κ2) is 9.94. The standard InChI is InChI=1S/C19H33N3O4S/c1-7-22(27(24,25)17-11-9-16(26-6)10-12-17)15-19(2,3)13-8-14-20-18(23)21(4)5/h9-12H,7-8,13-15H2,1-6H3,(H,20,23). The first-order valence-corrected chi connectivity index (χ1v) is 10.6. The first-order valence-electron chi connectivity index (χ1n) is 9.13. The van der Waals surface area contributed by atoms with Gasteiger partial charge in [0.25, 0.3) is 0 Å². The highest BCUT2D eigenvalue weighted by Crippen LogP contribution is 2.27. The zero-order valence-electron chi connectivity index (χ0n) is 17.3. The van der Waals surface area contributed by atoms with Crippen LogP contribution in [0.5, 0.6) is 5.75 Å². The third kappa shape index (κ3) is 7.03. The molecular formula is C19H33N3O4S. The first kappa shape index (κ1) is 23.2. The van der Waals surface area contributed by atoms with E-state index in [4.69, 9.17) is 4.74 Å². The molecule has 1 N–H and O–H groups in total. The highest BCUT2D eigenvalue weighted by molar-refractivity contribution is 7.89. The Bertz CT molecular complexity index is 700. The summed E-state index contributed by atoms with van der Waals surface area (Å²) >= 11 is 0. The molecule has 0 radical (unpaired) electrons. The number of methoxy groups -OCH3 is 1. The Balaban J connectivity index is 2.72. The van der Waals surface area contributed by atoms with Gasteiger partial charge in [0.2, 0.25) is 10.0 Å². The van der Waals surface area contributed by atoms with Crippen molar-refractivity contribution in [2.24, 2.45) is 5.41 Å². The van der Waals surface area contributed by atoms with E-state index in [1.54, 1.807) is 45.5 Å². The Morgan fingerprint density at radius 1 is 1.19 bits per heavy atom. The molecule has 0 atom stereocenters. The zero-order valence-corrected chi connectivity index (χ0v) is 18.1. The van der Waals surface area contributed by atoms with Crippen LogP contribution in [-0.4, -0.2) is 64.5 Å². The Kier molecular flexibility index (Phi) is 8.56. The van der Waals surface area contributed by atoms with Crippen LogP contribution >= 0.6 is 0 Å². The number of sulfonamides is 1. The van der Waals surface area contributed by atoms with Gasteiger partial charge < -0.3 is 15.0 Å². The number of amides is 2. The lowest BCUT2D eigenvalue weighted by Crippen LogP contribution is -2.39. The fourth-order valence-electron chi connectivity index (χ4n) is 2.74. The van der Waals surface area contributed by atoms with Gasteiger partial charge in [0.1, 0.15) is 5.75 Å². The molecule has 0 saturated carbocycles. The molecule has 0 heterocycles. The number of nitrogens with one attached hydrogen (secondary N) is 1. The molecule has 8 heteroatoms. The van der Waals surface area contributed by atoms with Crippen LogP contribution in [0.15, 0.2) is 29.2 Å². The maximum atomic E-state index is 13.0. The summed E-state index contributed by atoms with van der Waals surface area (Å²) in [5.74, 6) is 0.622. The Hall–Kier alpha value is -1.80. The summed E-state index contributed by atoms with van der Waals surface area (Å²) in [5.41, 5.74) is -0.210. The van der Waals surface area contributed by atoms with Crippen LogP contribution in [0.1, 0.15) is 33.6 Å². The van der Waals surface area contributed by atoms with Crippen LogP contribution in [0.4, 0.5) is 4.79 Å². The molecule has 0 unspecified atom stereocenters. The summed E-state index contributed by atoms with van der Waals surface area (Å²) in [5, 5.41) is 2.83. The van der Waals surface area contributed by atoms with E-state index < -0.39 is 10.0 Å². The van der Waals surface area contributed by atoms with Gasteiger partial charge in [-0.3, -0.25) is 0 Å². The number of hydrogen-bond donors (Lipinski definition) is 1. The van der Waals surface area contributed by atoms with Crippen LogP contribution in [0.3, 0.4) is 0 Å². The molecule has 0 aromatic heterocycles. The second-order valence-electron chi connectivity index (χ2n) is 7.50. The van der Waals surface area contributed by atoms with Crippen molar-refractivity contribution in [3.63, 3.8) is 0 Å². The van der Waals surface area contributed by atoms with Crippen molar-refractivity contribution in [3.05, 3.63) is 24.3 Å². The van der Waals surface area contributed by atoms with E-state index in [-0.39, 0.29) is 16.3 Å². The fourth-order valence-corrected chi connectivity index (χ4v) is 4.38. The van der Waals surface area contributed by atoms with Gasteiger partial charge >= 0.3 is 6.03 Å². The van der Waals surface area contributed by atoms with E-state index >= 15 is 0 Å². The fraction of sp³-hybridized carbons (Fsp3) is 0.632. The topological polar surface area (TPSA) is 79.0 Å². The number of nitrogens with zero attached hydrogens (tertiary/aromatic N) is 2. The van der Waals surface area contributed by atoms with Crippen molar-refractivity contribution in [1.29, 1.82) is 0 Å². The van der Waals surface area contributed by atoms with E-state index in [0.717, 1.165) is 12.8 Å². The number of urea groups is 1. The van der Waals surface area contributed by atoms with Gasteiger partial charge in [-0.05, 0) is 42.5 Å². The van der Waals surface area contributed by atoms with Crippen molar-refractivity contribution in [2.75, 3.05) is 40.8 Å². The maximum Gasteiger partial charge on any atom is 0.316 e. The molecule has 0 saturated heterocycles. The lowest BCUT2D eigenvalue weighted by molar-refractivity contribution is 0.214. The van der Waals surface area contributed by atoms with Gasteiger partial charge in [0.05, 0.1) is 12.0 Å². The summed E-state index contributed by atoms with van der Waals surface area (Å²) in [6, 6.07) is 6.32. The van der Waals surface area contributed by atoms with Crippen LogP contribution in [0.2, 0.25) is 0 Å². The number of carbonyl (C=O) groups excluding carboxylic acids is 1. The molecule has 1 aromatic rings. The van der Waals surface area contributed by atoms with E-state index in [9.17, 15) is 13.2 Å². The number of benzene rings is 1. The molecule has 154 valence electrons. The zero-order chi connectivity index (χ0) is 20.7. The molecule has 27 heavy (non-hydrogen) atoms. The predicted octanol–water partition coefficient (Wildman–Crippen LogP) is 2.78. The third-order valence-corrected chi connectivity index (χ3v) is 6.30. The van der Waals surface area contributed by atoms with Crippen LogP contribution in [0.25, 0.3) is 0 Å². The lowest BCUT2D eigenvalue weighted by atomic mass is 9.87. The molecule has 7 nitrogen and oxygen atoms in total. The monoisotopic (exact) mass is 399 g/mol. The van der Waals surface area contributed by atoms with Gasteiger partial charge in [-0.15, -0.1) is 0 Å². The smallest absolute Gasteiger partial charge is 0.316 e. The Labute approximate surface area is 163 Å². The SMILES string of the molecule is CCN(CC(C)(C)CCCNC(=O)N(C)C)S(=O)(=O)c1ccc(OC)cc1. The molecule has 0 aliphatic heterocycles. The van der Waals surface area contributed by atoms with Crippen LogP contribution in [0, 0.1) is 5.41 Å². The predicted molar refractivity (Wildman–Crippen MR) is 108 cm³/mol. The Morgan fingerprint density at radius 2 is 1.78 bits per heavy atom. The van der Waals surface area contributed by atoms with Crippen molar-refractivity contribution in [2.45, 2.75) is 38.5 Å². The second-order valence-corrected chi connectivity index (χ2v) is 9.44. The van der Waals surface area contributed by atoms with Gasteiger partial charge in [-0.2, -0.15) is 4.31 Å². The first-order chi connectivity index (χ1) is 12.5. The number of ether oxygens (including phenoxy) is 1. The van der Waals surface area contributed by atoms with Crippen LogP contribution < -0.4 is 10.1 Å². The minimum absolute atomic E-state index is 0.120. The molecule has 0 aliphatic carbocycles. The van der Waals surface area contributed by atoms with Crippen molar-refractivity contribution in [1.82, 2.24) is 14.5 Å². The number of hydrogen-bond acceptors (Lipinski definition) is 4. The van der Waals surface area contributed by atoms with Gasteiger partial charge in [0.15, 0.2) is 0 Å². The van der Waals surface area contributed by atoms with Crippen molar-refractivity contribution < 1.29 is 17.9 Å².